The second-order valence-electron chi connectivity index (χ2n) is 11.5. The molecule has 1 heteroatoms. The standard InChI is InChI=1S/C21H43N.C3H8/c1-11-19(5,6)21(9,10)17-12-14-22(15-13-17)20(7,8)16-18(2,3)4;1-3-2/h17H,11-16H2,1-10H3;3H2,1-2H3. The lowest BCUT2D eigenvalue weighted by molar-refractivity contribution is -0.0268. The topological polar surface area (TPSA) is 3.24 Å². The number of hydrogen-bond donors (Lipinski definition) is 0. The first kappa shape index (κ1) is 25.0. The van der Waals surface area contributed by atoms with Crippen LogP contribution in [0.2, 0.25) is 0 Å². The van der Waals surface area contributed by atoms with Crippen molar-refractivity contribution in [2.75, 3.05) is 13.1 Å². The molecule has 1 nitrogen and oxygen atoms in total. The minimum absolute atomic E-state index is 0.327. The van der Waals surface area contributed by atoms with Gasteiger partial charge in [0.05, 0.1) is 0 Å². The molecule has 0 unspecified atom stereocenters. The third kappa shape index (κ3) is 7.24. The molecule has 0 amide bonds. The summed E-state index contributed by atoms with van der Waals surface area (Å²) in [5, 5.41) is 0. The van der Waals surface area contributed by atoms with Gasteiger partial charge in [-0.2, -0.15) is 0 Å². The molecule has 0 atom stereocenters. The third-order valence-electron chi connectivity index (χ3n) is 6.96. The first-order chi connectivity index (χ1) is 11.1. The van der Waals surface area contributed by atoms with Crippen LogP contribution in [-0.4, -0.2) is 23.5 Å². The van der Waals surface area contributed by atoms with Gasteiger partial charge in [-0.3, -0.25) is 4.90 Å². The molecule has 25 heavy (non-hydrogen) atoms. The predicted octanol–water partition coefficient (Wildman–Crippen LogP) is 7.79. The highest BCUT2D eigenvalue weighted by atomic mass is 15.2. The van der Waals surface area contributed by atoms with Crippen LogP contribution in [0.15, 0.2) is 0 Å². The summed E-state index contributed by atoms with van der Waals surface area (Å²) in [6.07, 6.45) is 6.53. The Labute approximate surface area is 161 Å². The van der Waals surface area contributed by atoms with Crippen LogP contribution in [0.3, 0.4) is 0 Å². The summed E-state index contributed by atoms with van der Waals surface area (Å²) in [5.41, 5.74) is 1.60. The minimum Gasteiger partial charge on any atom is -0.298 e. The summed E-state index contributed by atoms with van der Waals surface area (Å²) in [6, 6.07) is 0. The minimum atomic E-state index is 0.327. The third-order valence-corrected chi connectivity index (χ3v) is 6.96. The Hall–Kier alpha value is -0.0400. The Morgan fingerprint density at radius 2 is 1.16 bits per heavy atom. The molecule has 1 aliphatic heterocycles. The van der Waals surface area contributed by atoms with Gasteiger partial charge in [0.15, 0.2) is 0 Å². The Balaban J connectivity index is 0.00000178. The van der Waals surface area contributed by atoms with Gasteiger partial charge in [0.1, 0.15) is 0 Å². The van der Waals surface area contributed by atoms with E-state index in [0.29, 0.717) is 21.8 Å². The highest BCUT2D eigenvalue weighted by Gasteiger charge is 2.44. The zero-order valence-electron chi connectivity index (χ0n) is 20.0. The fourth-order valence-corrected chi connectivity index (χ4v) is 4.62. The van der Waals surface area contributed by atoms with Crippen molar-refractivity contribution >= 4 is 0 Å². The van der Waals surface area contributed by atoms with Crippen molar-refractivity contribution in [3.63, 3.8) is 0 Å². The van der Waals surface area contributed by atoms with Crippen LogP contribution in [0, 0.1) is 22.2 Å². The molecule has 0 aromatic carbocycles. The molecule has 1 heterocycles. The predicted molar refractivity (Wildman–Crippen MR) is 116 cm³/mol. The summed E-state index contributed by atoms with van der Waals surface area (Å²) in [7, 11) is 0. The average Bonchev–Trinajstić information content (AvgIpc) is 2.45. The molecule has 1 fully saturated rings. The van der Waals surface area contributed by atoms with Crippen molar-refractivity contribution < 1.29 is 0 Å². The fourth-order valence-electron chi connectivity index (χ4n) is 4.62. The summed E-state index contributed by atoms with van der Waals surface area (Å²) >= 11 is 0. The number of likely N-dealkylation sites (tertiary alicyclic amines) is 1. The van der Waals surface area contributed by atoms with Crippen molar-refractivity contribution in [2.45, 2.75) is 121 Å². The molecule has 0 aliphatic carbocycles. The SMILES string of the molecule is CCC.CCC(C)(C)C(C)(C)C1CCN(C(C)(C)CC(C)(C)C)CC1. The smallest absolute Gasteiger partial charge is 0.0158 e. The monoisotopic (exact) mass is 353 g/mol. The largest absolute Gasteiger partial charge is 0.298 e. The van der Waals surface area contributed by atoms with Crippen molar-refractivity contribution in [2.24, 2.45) is 22.2 Å². The lowest BCUT2D eigenvalue weighted by Crippen LogP contribution is -2.52. The second kappa shape index (κ2) is 9.25. The van der Waals surface area contributed by atoms with E-state index in [4.69, 9.17) is 0 Å². The molecule has 1 saturated heterocycles. The lowest BCUT2D eigenvalue weighted by Gasteiger charge is -2.52. The van der Waals surface area contributed by atoms with Crippen molar-refractivity contribution in [1.82, 2.24) is 4.90 Å². The van der Waals surface area contributed by atoms with Crippen LogP contribution in [0.1, 0.15) is 115 Å². The second-order valence-corrected chi connectivity index (χ2v) is 11.5. The van der Waals surface area contributed by atoms with E-state index in [9.17, 15) is 0 Å². The molecule has 0 N–H and O–H groups in total. The summed E-state index contributed by atoms with van der Waals surface area (Å²) in [6.45, 7) is 31.1. The molecular weight excluding hydrogens is 302 g/mol. The van der Waals surface area contributed by atoms with Gasteiger partial charge in [-0.15, -0.1) is 0 Å². The highest BCUT2D eigenvalue weighted by molar-refractivity contribution is 4.95. The first-order valence-electron chi connectivity index (χ1n) is 10.9. The molecule has 0 saturated carbocycles. The zero-order valence-corrected chi connectivity index (χ0v) is 20.0. The maximum Gasteiger partial charge on any atom is 0.0158 e. The van der Waals surface area contributed by atoms with Crippen LogP contribution >= 0.6 is 0 Å². The molecule has 0 radical (unpaired) electrons. The number of piperidine rings is 1. The van der Waals surface area contributed by atoms with Gasteiger partial charge in [-0.05, 0) is 68.4 Å². The zero-order chi connectivity index (χ0) is 20.1. The van der Waals surface area contributed by atoms with Gasteiger partial charge in [-0.25, -0.2) is 0 Å². The van der Waals surface area contributed by atoms with Crippen molar-refractivity contribution in [3.8, 4) is 0 Å². The normalized spacial score (nSPS) is 18.7. The van der Waals surface area contributed by atoms with Crippen molar-refractivity contribution in [3.05, 3.63) is 0 Å². The molecule has 0 bridgehead atoms. The van der Waals surface area contributed by atoms with E-state index in [1.807, 2.05) is 0 Å². The molecule has 0 aromatic heterocycles. The van der Waals surface area contributed by atoms with Gasteiger partial charge in [0.25, 0.3) is 0 Å². The van der Waals surface area contributed by atoms with Crippen LogP contribution in [0.5, 0.6) is 0 Å². The van der Waals surface area contributed by atoms with E-state index in [1.54, 1.807) is 0 Å². The maximum atomic E-state index is 2.75. The van der Waals surface area contributed by atoms with Gasteiger partial charge >= 0.3 is 0 Å². The fraction of sp³-hybridized carbons (Fsp3) is 1.00. The van der Waals surface area contributed by atoms with E-state index >= 15 is 0 Å². The summed E-state index contributed by atoms with van der Waals surface area (Å²) in [4.78, 5) is 2.75. The molecule has 1 aliphatic rings. The van der Waals surface area contributed by atoms with E-state index in [-0.39, 0.29) is 0 Å². The maximum absolute atomic E-state index is 2.75. The summed E-state index contributed by atoms with van der Waals surface area (Å²) < 4.78 is 0. The van der Waals surface area contributed by atoms with E-state index in [0.717, 1.165) is 5.92 Å². The van der Waals surface area contributed by atoms with Gasteiger partial charge in [0.2, 0.25) is 0 Å². The van der Waals surface area contributed by atoms with E-state index < -0.39 is 0 Å². The quantitative estimate of drug-likeness (QED) is 0.487. The van der Waals surface area contributed by atoms with Crippen LogP contribution in [0.4, 0.5) is 0 Å². The number of hydrogen-bond acceptors (Lipinski definition) is 1. The van der Waals surface area contributed by atoms with E-state index in [1.165, 1.54) is 45.2 Å². The van der Waals surface area contributed by atoms with Gasteiger partial charge < -0.3 is 0 Å². The molecule has 0 aromatic rings. The lowest BCUT2D eigenvalue weighted by atomic mass is 9.58. The Bertz CT molecular complexity index is 362. The highest BCUT2D eigenvalue weighted by Crippen LogP contribution is 2.50. The van der Waals surface area contributed by atoms with Crippen molar-refractivity contribution in [1.29, 1.82) is 0 Å². The number of rotatable bonds is 5. The Morgan fingerprint density at radius 3 is 1.48 bits per heavy atom. The molecule has 152 valence electrons. The van der Waals surface area contributed by atoms with Gasteiger partial charge in [-0.1, -0.05) is 82.1 Å². The van der Waals surface area contributed by atoms with Crippen LogP contribution in [-0.2, 0) is 0 Å². The Morgan fingerprint density at radius 1 is 0.760 bits per heavy atom. The average molecular weight is 354 g/mol. The van der Waals surface area contributed by atoms with Crippen LogP contribution in [0.25, 0.3) is 0 Å². The van der Waals surface area contributed by atoms with E-state index in [2.05, 4.69) is 88.0 Å². The number of nitrogens with zero attached hydrogens (tertiary/aromatic N) is 1. The molecular formula is C24H51N. The molecule has 0 spiro atoms. The van der Waals surface area contributed by atoms with Crippen LogP contribution < -0.4 is 0 Å². The summed E-state index contributed by atoms with van der Waals surface area (Å²) in [5.74, 6) is 0.865. The Kier molecular flexibility index (Phi) is 9.23. The van der Waals surface area contributed by atoms with Gasteiger partial charge in [0, 0.05) is 5.54 Å². The first-order valence-corrected chi connectivity index (χ1v) is 10.9. The molecule has 1 rings (SSSR count).